The number of carboxylic acids is 1. The van der Waals surface area contributed by atoms with Crippen molar-refractivity contribution in [3.8, 4) is 0 Å². The molecule has 2 fully saturated rings. The van der Waals surface area contributed by atoms with E-state index in [4.69, 9.17) is 0 Å². The largest absolute Gasteiger partial charge is 0.481 e. The van der Waals surface area contributed by atoms with Crippen LogP contribution in [-0.4, -0.2) is 55.2 Å². The van der Waals surface area contributed by atoms with E-state index in [2.05, 4.69) is 0 Å². The summed E-state index contributed by atoms with van der Waals surface area (Å²) in [5.41, 5.74) is -7.88. The van der Waals surface area contributed by atoms with Gasteiger partial charge in [-0.05, 0) is 79.8 Å². The molecule has 15 heteroatoms. The fourth-order valence-corrected chi connectivity index (χ4v) is 10.2. The zero-order chi connectivity index (χ0) is 33.3. The second kappa shape index (κ2) is 10.9. The number of nitrogens with zero attached hydrogens (tertiary/aromatic N) is 1. The van der Waals surface area contributed by atoms with Crippen LogP contribution in [0.5, 0.6) is 0 Å². The van der Waals surface area contributed by atoms with Crippen molar-refractivity contribution in [2.45, 2.75) is 79.2 Å². The van der Waals surface area contributed by atoms with Gasteiger partial charge in [0.2, 0.25) is 5.91 Å². The van der Waals surface area contributed by atoms with E-state index in [9.17, 15) is 53.8 Å². The Morgan fingerprint density at radius 1 is 0.867 bits per heavy atom. The number of amides is 1. The van der Waals surface area contributed by atoms with Gasteiger partial charge in [0, 0.05) is 18.0 Å². The maximum Gasteiger partial charge on any atom is 0.435 e. The van der Waals surface area contributed by atoms with E-state index in [-0.39, 0.29) is 67.2 Å². The number of carboxylic acid groups (broad SMARTS) is 1. The van der Waals surface area contributed by atoms with Gasteiger partial charge in [-0.2, -0.15) is 26.3 Å². The molecule has 2 aromatic carbocycles. The SMILES string of the molecule is C[C@@H]1CN(C(=O)C2CCC(C(=O)O)CC2)C2CCc3cc(C(F)(C(F)(F)F)C(F)(F)F)ccc3C21S(=O)(=O)c1ccc(F)cc1. The van der Waals surface area contributed by atoms with Crippen LogP contribution in [0.3, 0.4) is 0 Å². The summed E-state index contributed by atoms with van der Waals surface area (Å²) in [5.74, 6) is -4.38. The molecule has 0 bridgehead atoms. The first-order chi connectivity index (χ1) is 20.8. The van der Waals surface area contributed by atoms with E-state index < -0.39 is 79.7 Å². The number of hydrogen-bond donors (Lipinski definition) is 1. The summed E-state index contributed by atoms with van der Waals surface area (Å²) in [5, 5.41) is 9.33. The lowest BCUT2D eigenvalue weighted by Crippen LogP contribution is -2.55. The van der Waals surface area contributed by atoms with Crippen LogP contribution >= 0.6 is 0 Å². The molecule has 2 unspecified atom stereocenters. The van der Waals surface area contributed by atoms with Gasteiger partial charge in [-0.15, -0.1) is 0 Å². The van der Waals surface area contributed by atoms with Crippen LogP contribution in [0, 0.1) is 23.6 Å². The summed E-state index contributed by atoms with van der Waals surface area (Å²) in [4.78, 5) is 26.3. The third-order valence-corrected chi connectivity index (χ3v) is 12.4. The highest BCUT2D eigenvalue weighted by Gasteiger charge is 2.74. The fourth-order valence-electron chi connectivity index (χ4n) is 7.57. The summed E-state index contributed by atoms with van der Waals surface area (Å²) in [6, 6.07) is 4.09. The fraction of sp³-hybridized carbons (Fsp3) is 0.533. The van der Waals surface area contributed by atoms with E-state index in [0.29, 0.717) is 6.07 Å². The highest BCUT2D eigenvalue weighted by molar-refractivity contribution is 7.92. The van der Waals surface area contributed by atoms with Crippen LogP contribution in [0.15, 0.2) is 47.4 Å². The van der Waals surface area contributed by atoms with Crippen LogP contribution in [0.1, 0.15) is 55.7 Å². The van der Waals surface area contributed by atoms with E-state index >= 15 is 4.39 Å². The maximum absolute atomic E-state index is 15.0. The first-order valence-corrected chi connectivity index (χ1v) is 15.8. The smallest absolute Gasteiger partial charge is 0.435 e. The number of likely N-dealkylation sites (tertiary alicyclic amines) is 1. The second-order valence-electron chi connectivity index (χ2n) is 12.1. The van der Waals surface area contributed by atoms with Gasteiger partial charge >= 0.3 is 24.0 Å². The average molecular weight is 668 g/mol. The third kappa shape index (κ3) is 4.91. The van der Waals surface area contributed by atoms with E-state index in [0.717, 1.165) is 30.3 Å². The number of rotatable bonds is 5. The molecule has 45 heavy (non-hydrogen) atoms. The summed E-state index contributed by atoms with van der Waals surface area (Å²) in [6.07, 6.45) is -12.3. The van der Waals surface area contributed by atoms with Gasteiger partial charge in [0.1, 0.15) is 10.6 Å². The highest BCUT2D eigenvalue weighted by atomic mass is 32.2. The summed E-state index contributed by atoms with van der Waals surface area (Å²) in [6.45, 7) is 1.36. The van der Waals surface area contributed by atoms with E-state index in [1.807, 2.05) is 0 Å². The molecule has 246 valence electrons. The molecule has 1 saturated carbocycles. The highest BCUT2D eigenvalue weighted by Crippen LogP contribution is 2.58. The lowest BCUT2D eigenvalue weighted by atomic mass is 9.73. The number of benzene rings is 2. The van der Waals surface area contributed by atoms with Crippen molar-refractivity contribution in [2.24, 2.45) is 17.8 Å². The third-order valence-electron chi connectivity index (χ3n) is 9.74. The van der Waals surface area contributed by atoms with Gasteiger partial charge in [0.15, 0.2) is 9.84 Å². The molecule has 1 saturated heterocycles. The molecule has 1 aliphatic heterocycles. The summed E-state index contributed by atoms with van der Waals surface area (Å²) in [7, 11) is -4.64. The molecule has 0 spiro atoms. The Morgan fingerprint density at radius 2 is 1.42 bits per heavy atom. The van der Waals surface area contributed by atoms with Gasteiger partial charge < -0.3 is 10.0 Å². The molecule has 6 nitrogen and oxygen atoms in total. The van der Waals surface area contributed by atoms with Crippen molar-refractivity contribution in [1.29, 1.82) is 0 Å². The van der Waals surface area contributed by atoms with Crippen molar-refractivity contribution in [3.05, 3.63) is 65.0 Å². The molecular formula is C30H29F8NO5S. The first-order valence-electron chi connectivity index (χ1n) is 14.3. The number of aliphatic carboxylic acids is 1. The van der Waals surface area contributed by atoms with Crippen molar-refractivity contribution >= 4 is 21.7 Å². The number of alkyl halides is 7. The minimum atomic E-state index is -6.38. The quantitative estimate of drug-likeness (QED) is 0.292. The van der Waals surface area contributed by atoms with Crippen LogP contribution in [0.2, 0.25) is 0 Å². The molecular weight excluding hydrogens is 638 g/mol. The van der Waals surface area contributed by atoms with Crippen LogP contribution in [0.25, 0.3) is 0 Å². The van der Waals surface area contributed by atoms with Crippen molar-refractivity contribution in [2.75, 3.05) is 6.54 Å². The molecule has 3 atom stereocenters. The molecule has 2 aromatic rings. The zero-order valence-electron chi connectivity index (χ0n) is 23.8. The molecule has 1 heterocycles. The van der Waals surface area contributed by atoms with Crippen LogP contribution in [0.4, 0.5) is 35.1 Å². The normalized spacial score (nSPS) is 27.5. The summed E-state index contributed by atoms with van der Waals surface area (Å²) < 4.78 is 138. The Labute approximate surface area is 253 Å². The lowest BCUT2D eigenvalue weighted by molar-refractivity contribution is -0.348. The maximum atomic E-state index is 15.0. The van der Waals surface area contributed by atoms with Gasteiger partial charge in [0.05, 0.1) is 16.9 Å². The van der Waals surface area contributed by atoms with Gasteiger partial charge in [0.25, 0.3) is 0 Å². The predicted octanol–water partition coefficient (Wildman–Crippen LogP) is 6.47. The number of fused-ring (bicyclic) bond motifs is 3. The number of carbonyl (C=O) groups excluding carboxylic acids is 1. The van der Waals surface area contributed by atoms with E-state index in [1.165, 1.54) is 11.8 Å². The summed E-state index contributed by atoms with van der Waals surface area (Å²) >= 11 is 0. The number of sulfone groups is 1. The Bertz CT molecular complexity index is 1590. The van der Waals surface area contributed by atoms with Crippen LogP contribution in [-0.2, 0) is 36.3 Å². The number of aryl methyl sites for hydroxylation is 1. The molecule has 5 rings (SSSR count). The number of carbonyl (C=O) groups is 2. The Hall–Kier alpha value is -3.23. The zero-order valence-corrected chi connectivity index (χ0v) is 24.6. The number of hydrogen-bond acceptors (Lipinski definition) is 4. The van der Waals surface area contributed by atoms with Crippen LogP contribution < -0.4 is 0 Å². The van der Waals surface area contributed by atoms with Gasteiger partial charge in [-0.3, -0.25) is 9.59 Å². The second-order valence-corrected chi connectivity index (χ2v) is 14.3. The van der Waals surface area contributed by atoms with Crippen molar-refractivity contribution in [3.63, 3.8) is 0 Å². The van der Waals surface area contributed by atoms with Crippen molar-refractivity contribution in [1.82, 2.24) is 4.90 Å². The molecule has 1 N–H and O–H groups in total. The number of halogens is 8. The molecule has 2 aliphatic carbocycles. The van der Waals surface area contributed by atoms with Gasteiger partial charge in [-0.1, -0.05) is 25.1 Å². The Kier molecular flexibility index (Phi) is 8.06. The van der Waals surface area contributed by atoms with E-state index in [1.54, 1.807) is 0 Å². The Morgan fingerprint density at radius 3 is 1.96 bits per heavy atom. The average Bonchev–Trinajstić information content (AvgIpc) is 3.29. The molecule has 0 radical (unpaired) electrons. The monoisotopic (exact) mass is 667 g/mol. The predicted molar refractivity (Wildman–Crippen MR) is 143 cm³/mol. The minimum Gasteiger partial charge on any atom is -0.481 e. The Balaban J connectivity index is 1.66. The molecule has 1 amide bonds. The molecule has 3 aliphatic rings. The standard InChI is InChI=1S/C30H29F8NO5S/c1-16-15-39(25(40)17-2-4-18(5-3-17)26(41)42)24-13-6-19-14-20(28(32,29(33,34)35)30(36,37)38)7-12-23(19)27(16,24)45(43,44)22-10-8-21(31)9-11-22/h7-12,14,16-18,24H,2-6,13,15H2,1H3,(H,41,42)/t16-,17?,18?,24?,27?/m1/s1. The van der Waals surface area contributed by atoms with Gasteiger partial charge in [-0.25, -0.2) is 17.2 Å². The minimum absolute atomic E-state index is 0.137. The topological polar surface area (TPSA) is 91.8 Å². The van der Waals surface area contributed by atoms with Crippen molar-refractivity contribution < 1.29 is 58.2 Å². The lowest BCUT2D eigenvalue weighted by Gasteiger charge is -2.45. The first kappa shape index (κ1) is 33.1. The molecule has 0 aromatic heterocycles.